The molecule has 0 saturated heterocycles. The summed E-state index contributed by atoms with van der Waals surface area (Å²) < 4.78 is 5.41. The molecule has 0 bridgehead atoms. The second-order valence-electron chi connectivity index (χ2n) is 4.04. The van der Waals surface area contributed by atoms with Gasteiger partial charge >= 0.3 is 0 Å². The number of hydrogen-bond donors (Lipinski definition) is 1. The van der Waals surface area contributed by atoms with Crippen LogP contribution in [-0.4, -0.2) is 24.7 Å². The lowest BCUT2D eigenvalue weighted by Gasteiger charge is -2.34. The molecular weight excluding hydrogens is 192 g/mol. The predicted molar refractivity (Wildman–Crippen MR) is 56.0 cm³/mol. The minimum atomic E-state index is -0.389. The van der Waals surface area contributed by atoms with Crippen molar-refractivity contribution >= 4 is 5.91 Å². The van der Waals surface area contributed by atoms with Crippen LogP contribution in [0.4, 0.5) is 0 Å². The normalized spacial score (nSPS) is 26.2. The molecule has 0 aliphatic heterocycles. The van der Waals surface area contributed by atoms with E-state index in [0.717, 1.165) is 19.4 Å². The van der Waals surface area contributed by atoms with Crippen LogP contribution < -0.4 is 5.32 Å². The van der Waals surface area contributed by atoms with Gasteiger partial charge in [0.2, 0.25) is 5.91 Å². The van der Waals surface area contributed by atoms with E-state index in [4.69, 9.17) is 10.00 Å². The quantitative estimate of drug-likeness (QED) is 0.742. The Morgan fingerprint density at radius 3 is 2.87 bits per heavy atom. The van der Waals surface area contributed by atoms with E-state index in [1.165, 1.54) is 0 Å². The molecule has 0 heterocycles. The van der Waals surface area contributed by atoms with Crippen molar-refractivity contribution in [3.8, 4) is 6.07 Å². The summed E-state index contributed by atoms with van der Waals surface area (Å²) in [7, 11) is 0. The molecule has 1 unspecified atom stereocenters. The van der Waals surface area contributed by atoms with Crippen LogP contribution in [0.3, 0.4) is 0 Å². The highest BCUT2D eigenvalue weighted by Gasteiger charge is 2.31. The van der Waals surface area contributed by atoms with Crippen LogP contribution in [0.1, 0.15) is 33.1 Å². The fourth-order valence-corrected chi connectivity index (χ4v) is 1.81. The third-order valence-electron chi connectivity index (χ3n) is 2.64. The summed E-state index contributed by atoms with van der Waals surface area (Å²) >= 11 is 0. The number of nitrogens with zero attached hydrogens (tertiary/aromatic N) is 1. The molecule has 1 N–H and O–H groups in total. The van der Waals surface area contributed by atoms with Gasteiger partial charge in [-0.25, -0.2) is 0 Å². The molecule has 4 nitrogen and oxygen atoms in total. The van der Waals surface area contributed by atoms with Crippen molar-refractivity contribution in [3.05, 3.63) is 0 Å². The van der Waals surface area contributed by atoms with Gasteiger partial charge < -0.3 is 10.1 Å². The van der Waals surface area contributed by atoms with Gasteiger partial charge in [0.15, 0.2) is 0 Å². The second-order valence-corrected chi connectivity index (χ2v) is 4.04. The molecule has 1 amide bonds. The molecule has 4 heteroatoms. The van der Waals surface area contributed by atoms with Gasteiger partial charge in [0.05, 0.1) is 12.2 Å². The van der Waals surface area contributed by atoms with Crippen molar-refractivity contribution in [2.24, 2.45) is 5.92 Å². The molecule has 1 saturated carbocycles. The number of ether oxygens (including phenoxy) is 1. The summed E-state index contributed by atoms with van der Waals surface area (Å²) in [4.78, 5) is 11.4. The van der Waals surface area contributed by atoms with Gasteiger partial charge in [-0.15, -0.1) is 0 Å². The van der Waals surface area contributed by atoms with Gasteiger partial charge in [-0.2, -0.15) is 5.26 Å². The Labute approximate surface area is 90.6 Å². The summed E-state index contributed by atoms with van der Waals surface area (Å²) in [6, 6.07) is 1.59. The largest absolute Gasteiger partial charge is 0.378 e. The lowest BCUT2D eigenvalue weighted by molar-refractivity contribution is -0.124. The zero-order chi connectivity index (χ0) is 11.3. The van der Waals surface area contributed by atoms with Crippen molar-refractivity contribution < 1.29 is 9.53 Å². The maximum Gasteiger partial charge on any atom is 0.221 e. The number of amides is 1. The number of nitriles is 1. The molecule has 1 aliphatic rings. The standard InChI is InChI=1S/C11H18N2O2/c1-3-15-10-4-9(5-10)6-11(14)13-8(2)7-12/h8-10H,3-6H2,1-2H3,(H,13,14). The lowest BCUT2D eigenvalue weighted by Crippen LogP contribution is -2.38. The summed E-state index contributed by atoms with van der Waals surface area (Å²) in [6.07, 6.45) is 2.82. The van der Waals surface area contributed by atoms with Crippen molar-refractivity contribution in [1.29, 1.82) is 5.26 Å². The van der Waals surface area contributed by atoms with Crippen LogP contribution in [-0.2, 0) is 9.53 Å². The third-order valence-corrected chi connectivity index (χ3v) is 2.64. The van der Waals surface area contributed by atoms with Crippen LogP contribution in [0.15, 0.2) is 0 Å². The van der Waals surface area contributed by atoms with Crippen LogP contribution >= 0.6 is 0 Å². The van der Waals surface area contributed by atoms with Crippen molar-refractivity contribution in [2.75, 3.05) is 6.61 Å². The molecule has 0 spiro atoms. The lowest BCUT2D eigenvalue weighted by atomic mass is 9.80. The second kappa shape index (κ2) is 5.72. The highest BCUT2D eigenvalue weighted by Crippen LogP contribution is 2.32. The Kier molecular flexibility index (Phi) is 4.57. The van der Waals surface area contributed by atoms with Gasteiger partial charge in [-0.1, -0.05) is 0 Å². The first-order valence-electron chi connectivity index (χ1n) is 5.46. The molecule has 0 aromatic rings. The SMILES string of the molecule is CCOC1CC(CC(=O)NC(C)C#N)C1. The van der Waals surface area contributed by atoms with Crippen molar-refractivity contribution in [2.45, 2.75) is 45.3 Å². The van der Waals surface area contributed by atoms with Crippen LogP contribution in [0.2, 0.25) is 0 Å². The average Bonchev–Trinajstić information content (AvgIpc) is 2.14. The molecule has 0 aromatic heterocycles. The molecule has 1 rings (SSSR count). The number of carbonyl (C=O) groups is 1. The number of hydrogen-bond acceptors (Lipinski definition) is 3. The predicted octanol–water partition coefficient (Wildman–Crippen LogP) is 1.22. The number of rotatable bonds is 5. The Hall–Kier alpha value is -1.08. The van der Waals surface area contributed by atoms with E-state index in [2.05, 4.69) is 5.32 Å². The summed E-state index contributed by atoms with van der Waals surface area (Å²) in [5, 5.41) is 11.2. The Morgan fingerprint density at radius 1 is 1.67 bits per heavy atom. The maximum atomic E-state index is 11.4. The molecule has 15 heavy (non-hydrogen) atoms. The minimum absolute atomic E-state index is 0.0241. The van der Waals surface area contributed by atoms with Gasteiger partial charge in [-0.05, 0) is 32.6 Å². The molecule has 1 aliphatic carbocycles. The number of carbonyl (C=O) groups excluding carboxylic acids is 1. The zero-order valence-corrected chi connectivity index (χ0v) is 9.32. The van der Waals surface area contributed by atoms with Gasteiger partial charge in [-0.3, -0.25) is 4.79 Å². The van der Waals surface area contributed by atoms with E-state index in [1.807, 2.05) is 13.0 Å². The van der Waals surface area contributed by atoms with E-state index in [9.17, 15) is 4.79 Å². The van der Waals surface area contributed by atoms with Crippen molar-refractivity contribution in [3.63, 3.8) is 0 Å². The van der Waals surface area contributed by atoms with Gasteiger partial charge in [0.1, 0.15) is 6.04 Å². The number of nitrogens with one attached hydrogen (secondary N) is 1. The van der Waals surface area contributed by atoms with E-state index in [-0.39, 0.29) is 11.9 Å². The molecular formula is C11H18N2O2. The monoisotopic (exact) mass is 210 g/mol. The molecule has 0 radical (unpaired) electrons. The summed E-state index contributed by atoms with van der Waals surface area (Å²) in [6.45, 7) is 4.41. The zero-order valence-electron chi connectivity index (χ0n) is 9.32. The summed E-state index contributed by atoms with van der Waals surface area (Å²) in [5.41, 5.74) is 0. The van der Waals surface area contributed by atoms with Gasteiger partial charge in [0, 0.05) is 13.0 Å². The molecule has 84 valence electrons. The highest BCUT2D eigenvalue weighted by molar-refractivity contribution is 5.76. The van der Waals surface area contributed by atoms with Crippen LogP contribution in [0.5, 0.6) is 0 Å². The first kappa shape index (κ1) is 12.0. The Morgan fingerprint density at radius 2 is 2.33 bits per heavy atom. The average molecular weight is 210 g/mol. The minimum Gasteiger partial charge on any atom is -0.378 e. The topological polar surface area (TPSA) is 62.1 Å². The van der Waals surface area contributed by atoms with E-state index < -0.39 is 0 Å². The van der Waals surface area contributed by atoms with Crippen LogP contribution in [0, 0.1) is 17.2 Å². The first-order chi connectivity index (χ1) is 7.15. The van der Waals surface area contributed by atoms with Gasteiger partial charge in [0.25, 0.3) is 0 Å². The van der Waals surface area contributed by atoms with E-state index >= 15 is 0 Å². The van der Waals surface area contributed by atoms with Crippen molar-refractivity contribution in [1.82, 2.24) is 5.32 Å². The first-order valence-corrected chi connectivity index (χ1v) is 5.46. The third kappa shape index (κ3) is 3.88. The highest BCUT2D eigenvalue weighted by atomic mass is 16.5. The van der Waals surface area contributed by atoms with E-state index in [1.54, 1.807) is 6.92 Å². The molecule has 0 aromatic carbocycles. The maximum absolute atomic E-state index is 11.4. The fraction of sp³-hybridized carbons (Fsp3) is 0.818. The fourth-order valence-electron chi connectivity index (χ4n) is 1.81. The van der Waals surface area contributed by atoms with E-state index in [0.29, 0.717) is 18.4 Å². The Balaban J connectivity index is 2.11. The molecule has 1 fully saturated rings. The smallest absolute Gasteiger partial charge is 0.221 e. The summed E-state index contributed by atoms with van der Waals surface area (Å²) in [5.74, 6) is 0.413. The Bertz CT molecular complexity index is 254. The molecule has 1 atom stereocenters. The van der Waals surface area contributed by atoms with Crippen LogP contribution in [0.25, 0.3) is 0 Å².